The number of aromatic nitrogens is 4. The molecule has 180 valence electrons. The molecule has 0 aliphatic carbocycles. The summed E-state index contributed by atoms with van der Waals surface area (Å²) in [5, 5.41) is 3.94. The van der Waals surface area contributed by atoms with Gasteiger partial charge in [-0.15, -0.1) is 0 Å². The molecule has 4 aromatic rings. The maximum Gasteiger partial charge on any atom is 0.243 e. The summed E-state index contributed by atoms with van der Waals surface area (Å²) in [6, 6.07) is 10.6. The number of aryl methyl sites for hydroxylation is 2. The zero-order valence-electron chi connectivity index (χ0n) is 20.2. The fourth-order valence-corrected chi connectivity index (χ4v) is 5.59. The van der Waals surface area contributed by atoms with E-state index in [2.05, 4.69) is 34.0 Å². The predicted molar refractivity (Wildman–Crippen MR) is 131 cm³/mol. The van der Waals surface area contributed by atoms with Gasteiger partial charge in [0.1, 0.15) is 17.1 Å². The zero-order chi connectivity index (χ0) is 24.5. The molecule has 0 saturated heterocycles. The van der Waals surface area contributed by atoms with Crippen LogP contribution in [0.25, 0.3) is 11.0 Å². The van der Waals surface area contributed by atoms with E-state index < -0.39 is 10.0 Å². The Morgan fingerprint density at radius 3 is 2.50 bits per heavy atom. The first-order chi connectivity index (χ1) is 16.1. The summed E-state index contributed by atoms with van der Waals surface area (Å²) in [4.78, 5) is 12.5. The Morgan fingerprint density at radius 2 is 1.85 bits per heavy atom. The van der Waals surface area contributed by atoms with Gasteiger partial charge < -0.3 is 9.51 Å². The maximum atomic E-state index is 13.5. The van der Waals surface area contributed by atoms with Crippen LogP contribution >= 0.6 is 0 Å². The fraction of sp³-hybridized carbons (Fsp3) is 0.400. The van der Waals surface area contributed by atoms with E-state index in [0.29, 0.717) is 30.9 Å². The quantitative estimate of drug-likeness (QED) is 0.379. The monoisotopic (exact) mass is 481 g/mol. The Kier molecular flexibility index (Phi) is 6.86. The molecule has 1 N–H and O–H groups in total. The number of pyridine rings is 1. The predicted octanol–water partition coefficient (Wildman–Crippen LogP) is 4.43. The lowest BCUT2D eigenvalue weighted by Gasteiger charge is -2.28. The smallest absolute Gasteiger partial charge is 0.243 e. The molecule has 0 radical (unpaired) electrons. The SMILES string of the molecule is Cc1cc(CC(CC(C)C)N(C)S(=O)(=O)c2ccc(Cc3nccc4[nH]c(C)nc34)cc2)on1. The van der Waals surface area contributed by atoms with Gasteiger partial charge in [-0.25, -0.2) is 13.4 Å². The Bertz CT molecular complexity index is 1370. The first-order valence-electron chi connectivity index (χ1n) is 11.4. The van der Waals surface area contributed by atoms with Crippen LogP contribution in [0.15, 0.2) is 52.0 Å². The molecule has 0 amide bonds. The number of imidazole rings is 1. The lowest BCUT2D eigenvalue weighted by atomic mass is 10.0. The van der Waals surface area contributed by atoms with Gasteiger partial charge in [0.15, 0.2) is 0 Å². The van der Waals surface area contributed by atoms with Gasteiger partial charge in [-0.1, -0.05) is 31.1 Å². The number of H-pyrrole nitrogens is 1. The van der Waals surface area contributed by atoms with Gasteiger partial charge in [-0.05, 0) is 49.9 Å². The van der Waals surface area contributed by atoms with Crippen LogP contribution in [-0.2, 0) is 22.9 Å². The number of likely N-dealkylation sites (N-methyl/N-ethyl adjacent to an activating group) is 1. The molecule has 9 heteroatoms. The normalized spacial score (nSPS) is 13.3. The number of hydrogen-bond acceptors (Lipinski definition) is 6. The van der Waals surface area contributed by atoms with Crippen molar-refractivity contribution in [2.24, 2.45) is 5.92 Å². The second-order valence-electron chi connectivity index (χ2n) is 9.24. The van der Waals surface area contributed by atoms with E-state index >= 15 is 0 Å². The third-order valence-electron chi connectivity index (χ3n) is 5.94. The number of fused-ring (bicyclic) bond motifs is 1. The molecule has 0 bridgehead atoms. The molecule has 0 aliphatic heterocycles. The van der Waals surface area contributed by atoms with Crippen molar-refractivity contribution in [1.29, 1.82) is 0 Å². The summed E-state index contributed by atoms with van der Waals surface area (Å²) in [5.74, 6) is 1.86. The van der Waals surface area contributed by atoms with E-state index in [9.17, 15) is 8.42 Å². The van der Waals surface area contributed by atoms with Gasteiger partial charge in [0.25, 0.3) is 0 Å². The van der Waals surface area contributed by atoms with Crippen molar-refractivity contribution < 1.29 is 12.9 Å². The van der Waals surface area contributed by atoms with Gasteiger partial charge in [0, 0.05) is 38.2 Å². The second-order valence-corrected chi connectivity index (χ2v) is 11.2. The highest BCUT2D eigenvalue weighted by atomic mass is 32.2. The molecule has 0 spiro atoms. The summed E-state index contributed by atoms with van der Waals surface area (Å²) in [7, 11) is -2.04. The molecule has 1 aromatic carbocycles. The molecule has 0 aliphatic rings. The van der Waals surface area contributed by atoms with Gasteiger partial charge in [-0.2, -0.15) is 4.31 Å². The Morgan fingerprint density at radius 1 is 1.12 bits per heavy atom. The highest BCUT2D eigenvalue weighted by molar-refractivity contribution is 7.89. The van der Waals surface area contributed by atoms with E-state index in [1.807, 2.05) is 38.1 Å². The topological polar surface area (TPSA) is 105 Å². The summed E-state index contributed by atoms with van der Waals surface area (Å²) in [5.41, 5.74) is 4.40. The van der Waals surface area contributed by atoms with Crippen molar-refractivity contribution in [2.75, 3.05) is 7.05 Å². The minimum atomic E-state index is -3.68. The Hall–Kier alpha value is -3.04. The molecule has 0 fully saturated rings. The van der Waals surface area contributed by atoms with Crippen LogP contribution in [0.1, 0.15) is 48.8 Å². The van der Waals surface area contributed by atoms with Gasteiger partial charge in [0.05, 0.1) is 21.8 Å². The Balaban J connectivity index is 1.54. The standard InChI is InChI=1S/C25H31N5O3S/c1-16(2)12-20(15-21-13-17(3)29-33-21)30(5)34(31,32)22-8-6-19(7-9-22)14-24-25-23(10-11-26-24)27-18(4)28-25/h6-11,13,16,20H,12,14-15H2,1-5H3,(H,27,28). The highest BCUT2D eigenvalue weighted by Gasteiger charge is 2.29. The first-order valence-corrected chi connectivity index (χ1v) is 12.9. The maximum absolute atomic E-state index is 13.5. The molecule has 34 heavy (non-hydrogen) atoms. The van der Waals surface area contributed by atoms with Crippen LogP contribution in [0, 0.1) is 19.8 Å². The van der Waals surface area contributed by atoms with E-state index in [1.165, 1.54) is 4.31 Å². The highest BCUT2D eigenvalue weighted by Crippen LogP contribution is 2.24. The van der Waals surface area contributed by atoms with E-state index in [0.717, 1.165) is 33.8 Å². The third kappa shape index (κ3) is 5.20. The van der Waals surface area contributed by atoms with Gasteiger partial charge >= 0.3 is 0 Å². The first kappa shape index (κ1) is 24.1. The third-order valence-corrected chi connectivity index (χ3v) is 7.86. The number of aromatic amines is 1. The van der Waals surface area contributed by atoms with Crippen LogP contribution in [0.2, 0.25) is 0 Å². The number of rotatable bonds is 9. The van der Waals surface area contributed by atoms with Gasteiger partial charge in [-0.3, -0.25) is 4.98 Å². The molecule has 1 atom stereocenters. The Labute approximate surface area is 200 Å². The van der Waals surface area contributed by atoms with Crippen molar-refractivity contribution >= 4 is 21.1 Å². The van der Waals surface area contributed by atoms with E-state index in [-0.39, 0.29) is 10.9 Å². The summed E-state index contributed by atoms with van der Waals surface area (Å²) >= 11 is 0. The molecular formula is C25H31N5O3S. The molecule has 3 heterocycles. The minimum absolute atomic E-state index is 0.235. The number of nitrogens with one attached hydrogen (secondary N) is 1. The molecule has 0 saturated carbocycles. The summed E-state index contributed by atoms with van der Waals surface area (Å²) in [6.07, 6.45) is 3.52. The van der Waals surface area contributed by atoms with E-state index in [4.69, 9.17) is 4.52 Å². The number of hydrogen-bond donors (Lipinski definition) is 1. The molecule has 4 rings (SSSR count). The van der Waals surface area contributed by atoms with Crippen LogP contribution < -0.4 is 0 Å². The zero-order valence-corrected chi connectivity index (χ0v) is 21.1. The molecule has 3 aromatic heterocycles. The van der Waals surface area contributed by atoms with Crippen LogP contribution in [0.5, 0.6) is 0 Å². The number of nitrogens with zero attached hydrogens (tertiary/aromatic N) is 4. The van der Waals surface area contributed by atoms with Crippen molar-refractivity contribution in [3.05, 3.63) is 71.1 Å². The second kappa shape index (κ2) is 9.68. The molecular weight excluding hydrogens is 450 g/mol. The average molecular weight is 482 g/mol. The largest absolute Gasteiger partial charge is 0.361 e. The van der Waals surface area contributed by atoms with Crippen LogP contribution in [0.3, 0.4) is 0 Å². The minimum Gasteiger partial charge on any atom is -0.361 e. The number of benzene rings is 1. The van der Waals surface area contributed by atoms with Crippen molar-refractivity contribution in [3.8, 4) is 0 Å². The average Bonchev–Trinajstić information content (AvgIpc) is 3.37. The summed E-state index contributed by atoms with van der Waals surface area (Å²) in [6.45, 7) is 7.94. The van der Waals surface area contributed by atoms with Crippen LogP contribution in [-0.4, -0.2) is 45.9 Å². The lowest BCUT2D eigenvalue weighted by Crippen LogP contribution is -2.39. The number of sulfonamides is 1. The molecule has 8 nitrogen and oxygen atoms in total. The van der Waals surface area contributed by atoms with Crippen molar-refractivity contribution in [3.63, 3.8) is 0 Å². The van der Waals surface area contributed by atoms with E-state index in [1.54, 1.807) is 25.4 Å². The molecule has 1 unspecified atom stereocenters. The van der Waals surface area contributed by atoms with Crippen molar-refractivity contribution in [2.45, 2.75) is 57.9 Å². The summed E-state index contributed by atoms with van der Waals surface area (Å²) < 4.78 is 33.7. The lowest BCUT2D eigenvalue weighted by molar-refractivity contribution is 0.286. The van der Waals surface area contributed by atoms with Gasteiger partial charge in [0.2, 0.25) is 10.0 Å². The van der Waals surface area contributed by atoms with Crippen LogP contribution in [0.4, 0.5) is 0 Å². The van der Waals surface area contributed by atoms with Crippen molar-refractivity contribution in [1.82, 2.24) is 24.4 Å². The fourth-order valence-electron chi connectivity index (χ4n) is 4.23.